The van der Waals surface area contributed by atoms with E-state index in [2.05, 4.69) is 10.2 Å². The van der Waals surface area contributed by atoms with Crippen LogP contribution in [0.1, 0.15) is 50.9 Å². The van der Waals surface area contributed by atoms with Gasteiger partial charge in [-0.15, -0.1) is 0 Å². The van der Waals surface area contributed by atoms with Crippen molar-refractivity contribution < 1.29 is 19.0 Å². The van der Waals surface area contributed by atoms with Crippen LogP contribution in [-0.4, -0.2) is 88.6 Å². The van der Waals surface area contributed by atoms with E-state index in [4.69, 9.17) is 37.9 Å². The smallest absolute Gasteiger partial charge is 0.407 e. The summed E-state index contributed by atoms with van der Waals surface area (Å²) in [6, 6.07) is 4.66. The number of alkyl halides is 1. The zero-order valence-electron chi connectivity index (χ0n) is 22.6. The van der Waals surface area contributed by atoms with E-state index in [1.165, 1.54) is 17.7 Å². The van der Waals surface area contributed by atoms with Gasteiger partial charge < -0.3 is 25.0 Å². The normalized spacial score (nSPS) is 21.6. The lowest BCUT2D eigenvalue weighted by Crippen LogP contribution is -2.45. The number of hydrogen-bond acceptors (Lipinski definition) is 6. The molecule has 2 aromatic rings. The lowest BCUT2D eigenvalue weighted by Gasteiger charge is -2.30. The molecule has 2 aliphatic heterocycles. The number of ether oxygens (including phenoxy) is 1. The van der Waals surface area contributed by atoms with Gasteiger partial charge in [0, 0.05) is 23.7 Å². The number of benzene rings is 1. The van der Waals surface area contributed by atoms with Crippen LogP contribution in [0.15, 0.2) is 18.2 Å². The van der Waals surface area contributed by atoms with Crippen molar-refractivity contribution in [2.45, 2.75) is 70.6 Å². The Bertz CT molecular complexity index is 1130. The van der Waals surface area contributed by atoms with E-state index in [0.29, 0.717) is 40.8 Å². The molecule has 1 aromatic heterocycles. The maximum absolute atomic E-state index is 12.9. The minimum Gasteiger partial charge on any atom is -0.465 e. The summed E-state index contributed by atoms with van der Waals surface area (Å²) in [5.74, 6) is 0.616. The van der Waals surface area contributed by atoms with E-state index in [0.717, 1.165) is 36.6 Å². The van der Waals surface area contributed by atoms with Crippen molar-refractivity contribution in [1.29, 1.82) is 0 Å². The van der Waals surface area contributed by atoms with E-state index < -0.39 is 18.9 Å². The van der Waals surface area contributed by atoms with Crippen LogP contribution < -0.4 is 5.32 Å². The van der Waals surface area contributed by atoms with Crippen LogP contribution in [0.4, 0.5) is 15.0 Å². The number of hydrogen-bond donors (Lipinski definition) is 2. The SMILES string of the molecule is CCc1nc(-c2ccc(Cl)cc2Cl)c(CC)nc1N[C@@H]1C(CCN2CCCC2)N(C(=O)O)C[C@@H]1OCCCF. The summed E-state index contributed by atoms with van der Waals surface area (Å²) in [5, 5.41) is 14.7. The Morgan fingerprint density at radius 1 is 1.18 bits per heavy atom. The first-order chi connectivity index (χ1) is 18.9. The van der Waals surface area contributed by atoms with E-state index in [1.54, 1.807) is 12.1 Å². The summed E-state index contributed by atoms with van der Waals surface area (Å²) in [6.07, 6.45) is 3.10. The first-order valence-corrected chi connectivity index (χ1v) is 14.6. The Kier molecular flexibility index (Phi) is 10.6. The molecule has 0 radical (unpaired) electrons. The maximum Gasteiger partial charge on any atom is 0.407 e. The standard InChI is InChI=1S/C28H38Cl2FN5O3/c1-3-21-25(19-9-8-18(29)16-20(19)30)32-22(4-2)27(33-21)34-26-23(10-14-35-12-5-6-13-35)36(28(37)38)17-24(26)39-15-7-11-31/h8-9,16,23-24,26H,3-7,10-15,17H2,1-2H3,(H,33,34)(H,37,38)/t23?,24-,26+/m0/s1. The molecule has 2 fully saturated rings. The Morgan fingerprint density at radius 3 is 2.56 bits per heavy atom. The highest BCUT2D eigenvalue weighted by atomic mass is 35.5. The van der Waals surface area contributed by atoms with Gasteiger partial charge in [0.25, 0.3) is 0 Å². The van der Waals surface area contributed by atoms with Crippen LogP contribution in [-0.2, 0) is 17.6 Å². The molecule has 1 amide bonds. The zero-order chi connectivity index (χ0) is 27.9. The third-order valence-electron chi connectivity index (χ3n) is 7.59. The van der Waals surface area contributed by atoms with Gasteiger partial charge in [-0.1, -0.05) is 37.0 Å². The van der Waals surface area contributed by atoms with Gasteiger partial charge in [0.2, 0.25) is 0 Å². The highest BCUT2D eigenvalue weighted by molar-refractivity contribution is 6.36. The summed E-state index contributed by atoms with van der Waals surface area (Å²) < 4.78 is 18.9. The van der Waals surface area contributed by atoms with Gasteiger partial charge >= 0.3 is 6.09 Å². The van der Waals surface area contributed by atoms with Gasteiger partial charge in [0.05, 0.1) is 53.5 Å². The molecule has 39 heavy (non-hydrogen) atoms. The molecule has 1 unspecified atom stereocenters. The first kappa shape index (κ1) is 29.8. The Balaban J connectivity index is 1.67. The van der Waals surface area contributed by atoms with Crippen molar-refractivity contribution in [2.75, 3.05) is 44.8 Å². The molecular weight excluding hydrogens is 544 g/mol. The van der Waals surface area contributed by atoms with Crippen molar-refractivity contribution in [3.05, 3.63) is 39.6 Å². The molecule has 2 saturated heterocycles. The van der Waals surface area contributed by atoms with E-state index in [1.807, 2.05) is 19.9 Å². The van der Waals surface area contributed by atoms with Gasteiger partial charge in [-0.05, 0) is 69.8 Å². The number of nitrogens with zero attached hydrogens (tertiary/aromatic N) is 4. The second-order valence-electron chi connectivity index (χ2n) is 10.1. The summed E-state index contributed by atoms with van der Waals surface area (Å²) in [5.41, 5.74) is 3.00. The fraction of sp³-hybridized carbons (Fsp3) is 0.607. The molecular formula is C28H38Cl2FN5O3. The number of carboxylic acid groups (broad SMARTS) is 1. The third kappa shape index (κ3) is 7.12. The monoisotopic (exact) mass is 581 g/mol. The van der Waals surface area contributed by atoms with Crippen LogP contribution in [0.3, 0.4) is 0 Å². The minimum atomic E-state index is -0.978. The molecule has 214 valence electrons. The van der Waals surface area contributed by atoms with Gasteiger partial charge in [-0.25, -0.2) is 14.8 Å². The Labute approximate surface area is 239 Å². The molecule has 8 nitrogen and oxygen atoms in total. The summed E-state index contributed by atoms with van der Waals surface area (Å²) in [6.45, 7) is 6.87. The van der Waals surface area contributed by atoms with Crippen molar-refractivity contribution in [1.82, 2.24) is 19.8 Å². The molecule has 2 N–H and O–H groups in total. The topological polar surface area (TPSA) is 90.8 Å². The van der Waals surface area contributed by atoms with Gasteiger partial charge in [0.1, 0.15) is 5.82 Å². The second kappa shape index (κ2) is 13.9. The van der Waals surface area contributed by atoms with Crippen LogP contribution in [0, 0.1) is 0 Å². The number of aromatic nitrogens is 2. The summed E-state index contributed by atoms with van der Waals surface area (Å²) in [7, 11) is 0. The van der Waals surface area contributed by atoms with Crippen molar-refractivity contribution in [3.63, 3.8) is 0 Å². The van der Waals surface area contributed by atoms with Crippen LogP contribution in [0.2, 0.25) is 10.0 Å². The number of anilines is 1. The Hall–Kier alpha value is -2.20. The highest BCUT2D eigenvalue weighted by Crippen LogP contribution is 2.34. The zero-order valence-corrected chi connectivity index (χ0v) is 24.1. The molecule has 4 rings (SSSR count). The predicted octanol–water partition coefficient (Wildman–Crippen LogP) is 5.95. The average Bonchev–Trinajstić information content (AvgIpc) is 3.56. The molecule has 0 saturated carbocycles. The van der Waals surface area contributed by atoms with Crippen LogP contribution in [0.25, 0.3) is 11.3 Å². The number of carbonyl (C=O) groups is 1. The molecule has 1 aromatic carbocycles. The number of likely N-dealkylation sites (tertiary alicyclic amines) is 2. The molecule has 0 spiro atoms. The number of amides is 1. The molecule has 11 heteroatoms. The van der Waals surface area contributed by atoms with E-state index >= 15 is 0 Å². The summed E-state index contributed by atoms with van der Waals surface area (Å²) in [4.78, 5) is 26.1. The van der Waals surface area contributed by atoms with Gasteiger partial charge in [0.15, 0.2) is 0 Å². The average molecular weight is 583 g/mol. The van der Waals surface area contributed by atoms with E-state index in [-0.39, 0.29) is 31.7 Å². The summed E-state index contributed by atoms with van der Waals surface area (Å²) >= 11 is 12.6. The number of nitrogens with one attached hydrogen (secondary N) is 1. The lowest BCUT2D eigenvalue weighted by atomic mass is 10.0. The molecule has 2 aliphatic rings. The highest BCUT2D eigenvalue weighted by Gasteiger charge is 2.45. The number of halogens is 3. The second-order valence-corrected chi connectivity index (χ2v) is 11.0. The first-order valence-electron chi connectivity index (χ1n) is 13.9. The Morgan fingerprint density at radius 2 is 1.92 bits per heavy atom. The number of rotatable bonds is 12. The fourth-order valence-corrected chi connectivity index (χ4v) is 6.06. The third-order valence-corrected chi connectivity index (χ3v) is 8.13. The van der Waals surface area contributed by atoms with Crippen LogP contribution >= 0.6 is 23.2 Å². The van der Waals surface area contributed by atoms with Gasteiger partial charge in [-0.2, -0.15) is 0 Å². The molecule has 3 atom stereocenters. The van der Waals surface area contributed by atoms with Crippen molar-refractivity contribution >= 4 is 35.1 Å². The van der Waals surface area contributed by atoms with Crippen molar-refractivity contribution in [2.24, 2.45) is 0 Å². The molecule has 3 heterocycles. The largest absolute Gasteiger partial charge is 0.465 e. The van der Waals surface area contributed by atoms with Crippen molar-refractivity contribution in [3.8, 4) is 11.3 Å². The quantitative estimate of drug-likeness (QED) is 0.299. The fourth-order valence-electron chi connectivity index (χ4n) is 5.56. The molecule has 0 aliphatic carbocycles. The minimum absolute atomic E-state index is 0.220. The van der Waals surface area contributed by atoms with E-state index in [9.17, 15) is 14.3 Å². The lowest BCUT2D eigenvalue weighted by molar-refractivity contribution is 0.0492. The van der Waals surface area contributed by atoms with Gasteiger partial charge in [-0.3, -0.25) is 4.39 Å². The van der Waals surface area contributed by atoms with Crippen LogP contribution in [0.5, 0.6) is 0 Å². The maximum atomic E-state index is 12.9. The number of aryl methyl sites for hydroxylation is 2. The predicted molar refractivity (Wildman–Crippen MR) is 153 cm³/mol. The molecule has 0 bridgehead atoms.